The average Bonchev–Trinajstić information content (AvgIpc) is 3.28. The van der Waals surface area contributed by atoms with Crippen molar-refractivity contribution in [2.45, 2.75) is 101 Å². The summed E-state index contributed by atoms with van der Waals surface area (Å²) < 4.78 is 6.17. The molecule has 10 nitrogen and oxygen atoms in total. The maximum Gasteiger partial charge on any atom is 0.290 e. The molecule has 4 rings (SSSR count). The minimum absolute atomic E-state index is 0.0883. The number of hydrogen-bond donors (Lipinski definition) is 6. The molecule has 3 fully saturated rings. The van der Waals surface area contributed by atoms with Crippen LogP contribution in [0.5, 0.6) is 0 Å². The fraction of sp³-hybridized carbons (Fsp3) is 0.852. The number of carbonyl (C=O) groups excluding carboxylic acids is 1. The molecule has 1 amide bonds. The van der Waals surface area contributed by atoms with Crippen LogP contribution in [0.2, 0.25) is 0 Å². The van der Waals surface area contributed by atoms with E-state index in [1.807, 2.05) is 6.92 Å². The van der Waals surface area contributed by atoms with Crippen LogP contribution < -0.4 is 10.8 Å². The van der Waals surface area contributed by atoms with E-state index in [4.69, 9.17) is 19.5 Å². The van der Waals surface area contributed by atoms with Crippen LogP contribution in [0.1, 0.15) is 59.3 Å². The normalized spacial score (nSPS) is 42.4. The molecule has 3 aliphatic heterocycles. The Balaban J connectivity index is 0.00000127. The number of carboxylic acid groups (broad SMARTS) is 1. The summed E-state index contributed by atoms with van der Waals surface area (Å²) in [7, 11) is 0. The van der Waals surface area contributed by atoms with Gasteiger partial charge in [-0.3, -0.25) is 14.4 Å². The molecule has 0 aromatic rings. The van der Waals surface area contributed by atoms with Gasteiger partial charge in [-0.2, -0.15) is 0 Å². The summed E-state index contributed by atoms with van der Waals surface area (Å²) in [5, 5.41) is 42.1. The first kappa shape index (κ1) is 31.3. The van der Waals surface area contributed by atoms with Crippen molar-refractivity contribution in [2.75, 3.05) is 12.3 Å². The van der Waals surface area contributed by atoms with Crippen molar-refractivity contribution < 1.29 is 39.6 Å². The number of carbonyl (C=O) groups is 2. The van der Waals surface area contributed by atoms with Crippen molar-refractivity contribution in [3.8, 4) is 0 Å². The van der Waals surface area contributed by atoms with Crippen LogP contribution in [0.15, 0.2) is 12.2 Å². The van der Waals surface area contributed by atoms with Crippen molar-refractivity contribution in [2.24, 2.45) is 29.6 Å². The van der Waals surface area contributed by atoms with Crippen LogP contribution in [0.3, 0.4) is 0 Å². The molecule has 11 heteroatoms. The van der Waals surface area contributed by atoms with Gasteiger partial charge in [0, 0.05) is 12.5 Å². The summed E-state index contributed by atoms with van der Waals surface area (Å²) >= 11 is 1.45. The average molecular weight is 559 g/mol. The Kier molecular flexibility index (Phi) is 12.3. The van der Waals surface area contributed by atoms with Gasteiger partial charge in [-0.1, -0.05) is 39.3 Å². The summed E-state index contributed by atoms with van der Waals surface area (Å²) in [5.74, 6) is 1.71. The van der Waals surface area contributed by atoms with E-state index in [0.717, 1.165) is 50.8 Å². The van der Waals surface area contributed by atoms with Gasteiger partial charge in [0.05, 0.1) is 18.1 Å². The SMILES string of the molecule is CC(C)C[C@@H]1CCC[C@H](C(=O)N[C@H]2[C@H]3O[C@H](SCCC/C=C/[C@H]2C)[C@H](O)[C@@H](O)[C@H]3O)[C@@H]2ONCC12.O=CO. The van der Waals surface area contributed by atoms with Gasteiger partial charge in [0.1, 0.15) is 29.9 Å². The number of ether oxygens (including phenoxy) is 1. The quantitative estimate of drug-likeness (QED) is 0.222. The van der Waals surface area contributed by atoms with Crippen molar-refractivity contribution >= 4 is 24.1 Å². The predicted molar refractivity (Wildman–Crippen MR) is 144 cm³/mol. The lowest BCUT2D eigenvalue weighted by Gasteiger charge is -2.44. The first-order chi connectivity index (χ1) is 18.2. The number of fused-ring (bicyclic) bond motifs is 3. The maximum atomic E-state index is 13.8. The minimum atomic E-state index is -1.33. The molecule has 2 bridgehead atoms. The van der Waals surface area contributed by atoms with Gasteiger partial charge < -0.3 is 30.5 Å². The number of hydrogen-bond acceptors (Lipinski definition) is 9. The molecule has 11 atom stereocenters. The molecule has 6 N–H and O–H groups in total. The number of rotatable bonds is 4. The molecule has 1 aliphatic carbocycles. The Hall–Kier alpha value is -1.21. The zero-order valence-electron chi connectivity index (χ0n) is 22.6. The Morgan fingerprint density at radius 1 is 1.16 bits per heavy atom. The molecule has 1 saturated carbocycles. The second kappa shape index (κ2) is 15.0. The highest BCUT2D eigenvalue weighted by Crippen LogP contribution is 2.40. The zero-order chi connectivity index (χ0) is 27.8. The number of allylic oxidation sites excluding steroid dienone is 1. The van der Waals surface area contributed by atoms with Crippen LogP contribution in [-0.4, -0.2) is 87.1 Å². The number of aliphatic hydroxyl groups is 3. The third-order valence-electron chi connectivity index (χ3n) is 8.24. The number of aliphatic hydroxyl groups excluding tert-OH is 3. The highest BCUT2D eigenvalue weighted by atomic mass is 32.2. The topological polar surface area (TPSA) is 158 Å². The molecular weight excluding hydrogens is 512 g/mol. The smallest absolute Gasteiger partial charge is 0.290 e. The highest BCUT2D eigenvalue weighted by molar-refractivity contribution is 7.99. The molecule has 3 heterocycles. The summed E-state index contributed by atoms with van der Waals surface area (Å²) in [6.45, 7) is 7.01. The second-order valence-electron chi connectivity index (χ2n) is 11.4. The summed E-state index contributed by atoms with van der Waals surface area (Å²) in [5.41, 5.74) is 2.42. The molecule has 4 aliphatic rings. The molecule has 1 unspecified atom stereocenters. The molecule has 38 heavy (non-hydrogen) atoms. The first-order valence-corrected chi connectivity index (χ1v) is 15.0. The molecule has 218 valence electrons. The van der Waals surface area contributed by atoms with Crippen molar-refractivity contribution in [1.82, 2.24) is 10.8 Å². The van der Waals surface area contributed by atoms with E-state index in [-0.39, 0.29) is 30.3 Å². The monoisotopic (exact) mass is 558 g/mol. The molecule has 0 aromatic heterocycles. The summed E-state index contributed by atoms with van der Waals surface area (Å²) in [6.07, 6.45) is 5.15. The van der Waals surface area contributed by atoms with Crippen molar-refractivity contribution in [1.29, 1.82) is 0 Å². The summed E-state index contributed by atoms with van der Waals surface area (Å²) in [4.78, 5) is 28.1. The van der Waals surface area contributed by atoms with E-state index in [1.165, 1.54) is 11.8 Å². The van der Waals surface area contributed by atoms with Crippen LogP contribution >= 0.6 is 11.8 Å². The minimum Gasteiger partial charge on any atom is -0.483 e. The van der Waals surface area contributed by atoms with Crippen LogP contribution in [0.25, 0.3) is 0 Å². The van der Waals surface area contributed by atoms with Crippen molar-refractivity contribution in [3.63, 3.8) is 0 Å². The predicted octanol–water partition coefficient (Wildman–Crippen LogP) is 1.68. The van der Waals surface area contributed by atoms with Gasteiger partial charge in [-0.05, 0) is 55.6 Å². The van der Waals surface area contributed by atoms with Crippen molar-refractivity contribution in [3.05, 3.63) is 12.2 Å². The van der Waals surface area contributed by atoms with Gasteiger partial charge in [0.25, 0.3) is 6.47 Å². The van der Waals surface area contributed by atoms with Crippen LogP contribution in [0.4, 0.5) is 0 Å². The van der Waals surface area contributed by atoms with Gasteiger partial charge >= 0.3 is 0 Å². The number of hydroxylamine groups is 1. The van der Waals surface area contributed by atoms with Crippen LogP contribution in [0, 0.1) is 29.6 Å². The van der Waals surface area contributed by atoms with Gasteiger partial charge in [0.2, 0.25) is 5.91 Å². The van der Waals surface area contributed by atoms with E-state index in [9.17, 15) is 20.1 Å². The lowest BCUT2D eigenvalue weighted by molar-refractivity contribution is -0.207. The lowest BCUT2D eigenvalue weighted by Crippen LogP contribution is -2.64. The Bertz CT molecular complexity index is 786. The van der Waals surface area contributed by atoms with E-state index >= 15 is 0 Å². The second-order valence-corrected chi connectivity index (χ2v) is 12.6. The van der Waals surface area contributed by atoms with Gasteiger partial charge in [-0.25, -0.2) is 5.48 Å². The van der Waals surface area contributed by atoms with E-state index in [2.05, 4.69) is 36.8 Å². The summed E-state index contributed by atoms with van der Waals surface area (Å²) in [6, 6.07) is -0.542. The number of thioether (sulfide) groups is 1. The third-order valence-corrected chi connectivity index (χ3v) is 9.48. The Labute approximate surface area is 229 Å². The lowest BCUT2D eigenvalue weighted by atomic mass is 9.79. The third kappa shape index (κ3) is 7.71. The molecule has 0 spiro atoms. The maximum absolute atomic E-state index is 13.8. The molecule has 2 saturated heterocycles. The number of amides is 1. The Morgan fingerprint density at radius 3 is 2.61 bits per heavy atom. The van der Waals surface area contributed by atoms with Gasteiger partial charge in [0.15, 0.2) is 0 Å². The number of nitrogens with one attached hydrogen (secondary N) is 2. The zero-order valence-corrected chi connectivity index (χ0v) is 23.5. The van der Waals surface area contributed by atoms with Gasteiger partial charge in [-0.15, -0.1) is 11.8 Å². The van der Waals surface area contributed by atoms with E-state index < -0.39 is 35.9 Å². The van der Waals surface area contributed by atoms with E-state index in [0.29, 0.717) is 17.8 Å². The Morgan fingerprint density at radius 2 is 1.89 bits per heavy atom. The van der Waals surface area contributed by atoms with E-state index in [1.54, 1.807) is 0 Å². The molecule has 0 aromatic carbocycles. The standard InChI is InChI=1S/C26H44N2O6S.CH2O2/c1-14(2)12-16-9-7-10-17(23-18(16)13-27-34-23)25(32)28-19-15(3)8-5-4-6-11-35-26-22(31)20(29)21(30)24(19)33-26;2-1-3/h5,8,14-24,26-27,29-31H,4,6-7,9-13H2,1-3H3,(H,28,32);1H,(H,2,3)/b8-5+;/t15-,16+,17+,18?,19-,20+,21-,22-,23+,24-,26-;/m1./s1. The molecular formula is C27H46N2O8S. The molecule has 0 radical (unpaired) electrons. The highest BCUT2D eigenvalue weighted by Gasteiger charge is 2.50. The largest absolute Gasteiger partial charge is 0.483 e. The first-order valence-electron chi connectivity index (χ1n) is 13.9. The van der Waals surface area contributed by atoms with Crippen LogP contribution in [-0.2, 0) is 19.2 Å². The fourth-order valence-electron chi connectivity index (χ4n) is 6.34. The fourth-order valence-corrected chi connectivity index (χ4v) is 7.47.